The van der Waals surface area contributed by atoms with Gasteiger partial charge in [0.2, 0.25) is 0 Å². The number of quaternary nitrogens is 1. The molecule has 98 valence electrons. The van der Waals surface area contributed by atoms with E-state index in [1.807, 2.05) is 0 Å². The molecule has 2 aliphatic heterocycles. The van der Waals surface area contributed by atoms with Gasteiger partial charge in [-0.15, -0.1) is 0 Å². The van der Waals surface area contributed by atoms with Gasteiger partial charge >= 0.3 is 0 Å². The van der Waals surface area contributed by atoms with Crippen LogP contribution in [0.3, 0.4) is 0 Å². The molecule has 17 heavy (non-hydrogen) atoms. The first-order valence-electron chi connectivity index (χ1n) is 6.89. The molecule has 0 saturated carbocycles. The third-order valence-corrected chi connectivity index (χ3v) is 4.06. The van der Waals surface area contributed by atoms with Gasteiger partial charge in [0.15, 0.2) is 0 Å². The fourth-order valence-electron chi connectivity index (χ4n) is 2.96. The molecule has 3 heteroatoms. The van der Waals surface area contributed by atoms with Crippen LogP contribution in [0.5, 0.6) is 0 Å². The standard InChI is InChI=1S/C14H25NO2/c1-11(2)13-5-4-12(3)17-14(13)10-15-6-8-16-9-7-15/h12-14H,1,4-10H2,2-3H3/p+1/t12-,13+,14+/m1/s1. The number of hydrogen-bond donors (Lipinski definition) is 1. The Morgan fingerprint density at radius 2 is 2.00 bits per heavy atom. The zero-order valence-corrected chi connectivity index (χ0v) is 11.2. The van der Waals surface area contributed by atoms with Gasteiger partial charge in [-0.1, -0.05) is 12.2 Å². The van der Waals surface area contributed by atoms with E-state index in [4.69, 9.17) is 9.47 Å². The number of ether oxygens (including phenoxy) is 2. The normalized spacial score (nSPS) is 35.8. The van der Waals surface area contributed by atoms with Crippen molar-refractivity contribution in [1.29, 1.82) is 0 Å². The van der Waals surface area contributed by atoms with Crippen molar-refractivity contribution in [2.75, 3.05) is 32.8 Å². The SMILES string of the molecule is C=C(C)[C@@H]1CC[C@@H](C)O[C@H]1C[NH+]1CCOCC1. The van der Waals surface area contributed by atoms with Crippen molar-refractivity contribution >= 4 is 0 Å². The number of rotatable bonds is 3. The second-order valence-corrected chi connectivity index (χ2v) is 5.58. The number of morpholine rings is 1. The molecular weight excluding hydrogens is 214 g/mol. The number of hydrogen-bond acceptors (Lipinski definition) is 2. The summed E-state index contributed by atoms with van der Waals surface area (Å²) in [4.78, 5) is 1.63. The van der Waals surface area contributed by atoms with Crippen molar-refractivity contribution in [3.05, 3.63) is 12.2 Å². The first-order valence-corrected chi connectivity index (χ1v) is 6.89. The smallest absolute Gasteiger partial charge is 0.113 e. The van der Waals surface area contributed by atoms with Gasteiger partial charge < -0.3 is 14.4 Å². The van der Waals surface area contributed by atoms with Gasteiger partial charge in [-0.25, -0.2) is 0 Å². The minimum atomic E-state index is 0.365. The molecule has 0 amide bonds. The van der Waals surface area contributed by atoms with Gasteiger partial charge in [0, 0.05) is 5.92 Å². The lowest BCUT2D eigenvalue weighted by atomic mass is 9.86. The maximum atomic E-state index is 6.14. The van der Waals surface area contributed by atoms with Crippen LogP contribution in [0.25, 0.3) is 0 Å². The lowest BCUT2D eigenvalue weighted by Gasteiger charge is -2.37. The summed E-state index contributed by atoms with van der Waals surface area (Å²) in [6, 6.07) is 0. The minimum Gasteiger partial charge on any atom is -0.370 e. The van der Waals surface area contributed by atoms with Crippen LogP contribution in [0.15, 0.2) is 12.2 Å². The van der Waals surface area contributed by atoms with Crippen molar-refractivity contribution in [1.82, 2.24) is 0 Å². The highest BCUT2D eigenvalue weighted by Crippen LogP contribution is 2.28. The summed E-state index contributed by atoms with van der Waals surface area (Å²) in [5, 5.41) is 0. The summed E-state index contributed by atoms with van der Waals surface area (Å²) in [6.07, 6.45) is 3.19. The molecule has 2 heterocycles. The van der Waals surface area contributed by atoms with E-state index in [1.54, 1.807) is 4.90 Å². The first kappa shape index (κ1) is 13.1. The summed E-state index contributed by atoms with van der Waals surface area (Å²) in [5.74, 6) is 0.557. The fraction of sp³-hybridized carbons (Fsp3) is 0.857. The molecule has 2 saturated heterocycles. The van der Waals surface area contributed by atoms with E-state index in [-0.39, 0.29) is 0 Å². The van der Waals surface area contributed by atoms with Crippen molar-refractivity contribution < 1.29 is 14.4 Å². The Balaban J connectivity index is 1.92. The molecule has 0 bridgehead atoms. The average molecular weight is 240 g/mol. The van der Waals surface area contributed by atoms with E-state index < -0.39 is 0 Å². The fourth-order valence-corrected chi connectivity index (χ4v) is 2.96. The Morgan fingerprint density at radius 3 is 2.65 bits per heavy atom. The quantitative estimate of drug-likeness (QED) is 0.733. The second kappa shape index (κ2) is 5.98. The molecule has 0 aromatic carbocycles. The zero-order chi connectivity index (χ0) is 12.3. The Morgan fingerprint density at radius 1 is 1.29 bits per heavy atom. The van der Waals surface area contributed by atoms with Crippen LogP contribution >= 0.6 is 0 Å². The molecule has 2 fully saturated rings. The Hall–Kier alpha value is -0.380. The van der Waals surface area contributed by atoms with Gasteiger partial charge in [-0.2, -0.15) is 0 Å². The van der Waals surface area contributed by atoms with Crippen LogP contribution < -0.4 is 4.90 Å². The monoisotopic (exact) mass is 240 g/mol. The van der Waals surface area contributed by atoms with Crippen LogP contribution in [0.2, 0.25) is 0 Å². The first-order chi connectivity index (χ1) is 8.16. The average Bonchev–Trinajstić information content (AvgIpc) is 2.30. The maximum absolute atomic E-state index is 6.14. The van der Waals surface area contributed by atoms with Crippen LogP contribution in [0.1, 0.15) is 26.7 Å². The van der Waals surface area contributed by atoms with Crippen LogP contribution in [-0.2, 0) is 9.47 Å². The van der Waals surface area contributed by atoms with E-state index in [1.165, 1.54) is 18.4 Å². The summed E-state index contributed by atoms with van der Waals surface area (Å²) < 4.78 is 11.5. The molecule has 0 radical (unpaired) electrons. The van der Waals surface area contributed by atoms with E-state index in [0.717, 1.165) is 32.8 Å². The lowest BCUT2D eigenvalue weighted by molar-refractivity contribution is -0.911. The van der Waals surface area contributed by atoms with Crippen molar-refractivity contribution in [3.63, 3.8) is 0 Å². The third-order valence-electron chi connectivity index (χ3n) is 4.06. The van der Waals surface area contributed by atoms with Gasteiger partial charge in [-0.05, 0) is 26.7 Å². The molecule has 2 rings (SSSR count). The third kappa shape index (κ3) is 3.54. The van der Waals surface area contributed by atoms with Crippen molar-refractivity contribution in [2.45, 2.75) is 38.9 Å². The molecule has 0 unspecified atom stereocenters. The van der Waals surface area contributed by atoms with Gasteiger partial charge in [0.25, 0.3) is 0 Å². The summed E-state index contributed by atoms with van der Waals surface area (Å²) >= 11 is 0. The zero-order valence-electron chi connectivity index (χ0n) is 11.2. The van der Waals surface area contributed by atoms with Crippen LogP contribution in [0, 0.1) is 5.92 Å². The minimum absolute atomic E-state index is 0.365. The summed E-state index contributed by atoms with van der Waals surface area (Å²) in [5.41, 5.74) is 1.29. The molecular formula is C14H26NO2+. The van der Waals surface area contributed by atoms with E-state index in [0.29, 0.717) is 18.1 Å². The molecule has 0 aliphatic carbocycles. The number of nitrogens with one attached hydrogen (secondary N) is 1. The van der Waals surface area contributed by atoms with Gasteiger partial charge in [0.05, 0.1) is 19.3 Å². The van der Waals surface area contributed by atoms with Crippen LogP contribution in [-0.4, -0.2) is 45.1 Å². The second-order valence-electron chi connectivity index (χ2n) is 5.58. The Bertz CT molecular complexity index is 261. The summed E-state index contributed by atoms with van der Waals surface area (Å²) in [6.45, 7) is 13.6. The molecule has 0 aromatic heterocycles. The topological polar surface area (TPSA) is 22.9 Å². The highest BCUT2D eigenvalue weighted by Gasteiger charge is 2.33. The Labute approximate surface area is 105 Å². The van der Waals surface area contributed by atoms with E-state index >= 15 is 0 Å². The largest absolute Gasteiger partial charge is 0.370 e. The molecule has 2 aliphatic rings. The predicted molar refractivity (Wildman–Crippen MR) is 68.3 cm³/mol. The van der Waals surface area contributed by atoms with Crippen molar-refractivity contribution in [3.8, 4) is 0 Å². The molecule has 3 nitrogen and oxygen atoms in total. The highest BCUT2D eigenvalue weighted by molar-refractivity contribution is 5.01. The molecule has 1 N–H and O–H groups in total. The highest BCUT2D eigenvalue weighted by atomic mass is 16.5. The van der Waals surface area contributed by atoms with Gasteiger partial charge in [-0.3, -0.25) is 0 Å². The van der Waals surface area contributed by atoms with Crippen molar-refractivity contribution in [2.24, 2.45) is 5.92 Å². The Kier molecular flexibility index (Phi) is 4.60. The predicted octanol–water partition coefficient (Wildman–Crippen LogP) is 0.661. The lowest BCUT2D eigenvalue weighted by Crippen LogP contribution is -3.15. The molecule has 3 atom stereocenters. The van der Waals surface area contributed by atoms with E-state index in [2.05, 4.69) is 20.4 Å². The van der Waals surface area contributed by atoms with Crippen LogP contribution in [0.4, 0.5) is 0 Å². The van der Waals surface area contributed by atoms with Gasteiger partial charge in [0.1, 0.15) is 25.7 Å². The maximum Gasteiger partial charge on any atom is 0.113 e. The summed E-state index contributed by atoms with van der Waals surface area (Å²) in [7, 11) is 0. The molecule has 0 spiro atoms. The molecule has 0 aromatic rings. The van der Waals surface area contributed by atoms with E-state index in [9.17, 15) is 0 Å².